The van der Waals surface area contributed by atoms with Gasteiger partial charge in [-0.2, -0.15) is 0 Å². The van der Waals surface area contributed by atoms with Crippen LogP contribution < -0.4 is 4.74 Å². The molecular weight excluding hydrogens is 368 g/mol. The number of ether oxygens (including phenoxy) is 1. The highest BCUT2D eigenvalue weighted by Crippen LogP contribution is 2.29. The quantitative estimate of drug-likeness (QED) is 0.536. The van der Waals surface area contributed by atoms with Crippen molar-refractivity contribution in [1.29, 1.82) is 0 Å². The van der Waals surface area contributed by atoms with Gasteiger partial charge in [0.25, 0.3) is 5.91 Å². The molecule has 0 saturated carbocycles. The number of para-hydroxylation sites is 1. The molecule has 4 heterocycles. The average Bonchev–Trinajstić information content (AvgIpc) is 3.38. The molecular formula is C22H22N4O3. The van der Waals surface area contributed by atoms with E-state index in [1.54, 1.807) is 13.2 Å². The summed E-state index contributed by atoms with van der Waals surface area (Å²) in [6.07, 6.45) is 3.96. The first-order valence-electron chi connectivity index (χ1n) is 9.72. The van der Waals surface area contributed by atoms with Gasteiger partial charge < -0.3 is 18.5 Å². The lowest BCUT2D eigenvalue weighted by molar-refractivity contribution is 0.0598. The number of piperazine rings is 1. The molecule has 0 N–H and O–H groups in total. The Morgan fingerprint density at radius 1 is 1.14 bits per heavy atom. The Balaban J connectivity index is 1.26. The molecule has 0 radical (unpaired) electrons. The first-order valence-corrected chi connectivity index (χ1v) is 9.72. The van der Waals surface area contributed by atoms with Crippen LogP contribution in [0.3, 0.4) is 0 Å². The van der Waals surface area contributed by atoms with E-state index in [0.29, 0.717) is 30.2 Å². The van der Waals surface area contributed by atoms with Crippen LogP contribution in [-0.4, -0.2) is 58.4 Å². The lowest BCUT2D eigenvalue weighted by atomic mass is 10.2. The topological polar surface area (TPSA) is 63.2 Å². The van der Waals surface area contributed by atoms with Gasteiger partial charge in [-0.1, -0.05) is 18.2 Å². The monoisotopic (exact) mass is 390 g/mol. The molecule has 1 aliphatic rings. The molecule has 29 heavy (non-hydrogen) atoms. The van der Waals surface area contributed by atoms with Crippen LogP contribution in [0.4, 0.5) is 0 Å². The van der Waals surface area contributed by atoms with Crippen molar-refractivity contribution in [3.05, 3.63) is 66.3 Å². The van der Waals surface area contributed by atoms with E-state index < -0.39 is 0 Å². The number of nitrogens with zero attached hydrogens (tertiary/aromatic N) is 4. The van der Waals surface area contributed by atoms with Gasteiger partial charge in [-0.15, -0.1) is 0 Å². The van der Waals surface area contributed by atoms with E-state index in [4.69, 9.17) is 9.15 Å². The zero-order valence-electron chi connectivity index (χ0n) is 16.2. The second-order valence-electron chi connectivity index (χ2n) is 7.24. The first kappa shape index (κ1) is 17.8. The van der Waals surface area contributed by atoms with Gasteiger partial charge in [-0.3, -0.25) is 9.69 Å². The molecule has 1 saturated heterocycles. The van der Waals surface area contributed by atoms with Crippen molar-refractivity contribution in [2.24, 2.45) is 0 Å². The zero-order valence-corrected chi connectivity index (χ0v) is 16.2. The molecule has 1 aliphatic heterocycles. The van der Waals surface area contributed by atoms with Crippen molar-refractivity contribution in [2.45, 2.75) is 6.54 Å². The molecule has 5 rings (SSSR count). The molecule has 3 aromatic heterocycles. The van der Waals surface area contributed by atoms with E-state index >= 15 is 0 Å². The van der Waals surface area contributed by atoms with E-state index in [9.17, 15) is 4.79 Å². The summed E-state index contributed by atoms with van der Waals surface area (Å²) in [6, 6.07) is 13.4. The molecule has 7 heteroatoms. The predicted molar refractivity (Wildman–Crippen MR) is 109 cm³/mol. The van der Waals surface area contributed by atoms with Crippen molar-refractivity contribution in [2.75, 3.05) is 33.3 Å². The van der Waals surface area contributed by atoms with Crippen LogP contribution in [-0.2, 0) is 6.54 Å². The number of hydrogen-bond acceptors (Lipinski definition) is 5. The van der Waals surface area contributed by atoms with E-state index in [1.807, 2.05) is 53.7 Å². The van der Waals surface area contributed by atoms with Gasteiger partial charge in [-0.25, -0.2) is 4.98 Å². The van der Waals surface area contributed by atoms with Crippen LogP contribution in [0.1, 0.15) is 16.2 Å². The summed E-state index contributed by atoms with van der Waals surface area (Å²) < 4.78 is 13.3. The van der Waals surface area contributed by atoms with Crippen LogP contribution >= 0.6 is 0 Å². The maximum atomic E-state index is 12.9. The second kappa shape index (κ2) is 7.25. The summed E-state index contributed by atoms with van der Waals surface area (Å²) in [5.74, 6) is 0.928. The van der Waals surface area contributed by atoms with E-state index in [2.05, 4.69) is 14.3 Å². The Hall–Kier alpha value is -3.32. The second-order valence-corrected chi connectivity index (χ2v) is 7.24. The minimum Gasteiger partial charge on any atom is -0.493 e. The van der Waals surface area contributed by atoms with Gasteiger partial charge in [0.1, 0.15) is 5.65 Å². The first-order chi connectivity index (χ1) is 14.2. The van der Waals surface area contributed by atoms with Gasteiger partial charge >= 0.3 is 0 Å². The van der Waals surface area contributed by atoms with Crippen LogP contribution in [0.15, 0.2) is 59.3 Å². The molecule has 1 fully saturated rings. The van der Waals surface area contributed by atoms with Crippen molar-refractivity contribution in [3.63, 3.8) is 0 Å². The summed E-state index contributed by atoms with van der Waals surface area (Å²) in [7, 11) is 1.60. The molecule has 1 aromatic carbocycles. The Kier molecular flexibility index (Phi) is 4.44. The van der Waals surface area contributed by atoms with Gasteiger partial charge in [0.05, 0.1) is 19.0 Å². The normalized spacial score (nSPS) is 15.3. The fourth-order valence-electron chi connectivity index (χ4n) is 3.90. The fraction of sp³-hybridized carbons (Fsp3) is 0.273. The number of fused-ring (bicyclic) bond motifs is 2. The molecule has 0 aliphatic carbocycles. The number of rotatable bonds is 4. The zero-order chi connectivity index (χ0) is 19.8. The molecule has 148 valence electrons. The number of pyridine rings is 1. The number of amides is 1. The number of benzene rings is 1. The number of carbonyl (C=O) groups is 1. The lowest BCUT2D eigenvalue weighted by Gasteiger charge is -2.34. The van der Waals surface area contributed by atoms with Crippen molar-refractivity contribution in [1.82, 2.24) is 19.2 Å². The highest BCUT2D eigenvalue weighted by molar-refractivity contribution is 5.97. The molecule has 0 atom stereocenters. The Morgan fingerprint density at radius 2 is 2.00 bits per heavy atom. The third-order valence-electron chi connectivity index (χ3n) is 5.48. The average molecular weight is 390 g/mol. The Bertz CT molecular complexity index is 1170. The minimum absolute atomic E-state index is 0.0716. The number of methoxy groups -OCH3 is 1. The van der Waals surface area contributed by atoms with E-state index in [-0.39, 0.29) is 5.91 Å². The standard InChI is InChI=1S/C22H22N4O3/c1-28-18-6-4-5-16-13-19(29-21(16)18)22(27)25-11-9-24(10-12-25)15-17-14-23-20-7-2-3-8-26(17)20/h2-8,13-14H,9-12,15H2,1H3. The van der Waals surface area contributed by atoms with Crippen molar-refractivity contribution in [3.8, 4) is 5.75 Å². The summed E-state index contributed by atoms with van der Waals surface area (Å²) >= 11 is 0. The van der Waals surface area contributed by atoms with Crippen LogP contribution in [0, 0.1) is 0 Å². The number of furan rings is 1. The third-order valence-corrected chi connectivity index (χ3v) is 5.48. The third kappa shape index (κ3) is 3.23. The van der Waals surface area contributed by atoms with Gasteiger partial charge in [0, 0.05) is 44.3 Å². The number of hydrogen-bond donors (Lipinski definition) is 0. The smallest absolute Gasteiger partial charge is 0.289 e. The SMILES string of the molecule is COc1cccc2cc(C(=O)N3CCN(Cc4cnc5ccccn45)CC3)oc12. The van der Waals surface area contributed by atoms with Gasteiger partial charge in [0.15, 0.2) is 17.1 Å². The lowest BCUT2D eigenvalue weighted by Crippen LogP contribution is -2.48. The maximum Gasteiger partial charge on any atom is 0.289 e. The van der Waals surface area contributed by atoms with E-state index in [1.165, 1.54) is 0 Å². The molecule has 0 bridgehead atoms. The molecule has 7 nitrogen and oxygen atoms in total. The summed E-state index contributed by atoms with van der Waals surface area (Å²) in [4.78, 5) is 21.6. The van der Waals surface area contributed by atoms with Crippen molar-refractivity contribution < 1.29 is 13.9 Å². The van der Waals surface area contributed by atoms with Crippen molar-refractivity contribution >= 4 is 22.5 Å². The minimum atomic E-state index is -0.0716. The maximum absolute atomic E-state index is 12.9. The number of imidazole rings is 1. The fourth-order valence-corrected chi connectivity index (χ4v) is 3.90. The van der Waals surface area contributed by atoms with Crippen LogP contribution in [0.25, 0.3) is 16.6 Å². The number of carbonyl (C=O) groups excluding carboxylic acids is 1. The predicted octanol–water partition coefficient (Wildman–Crippen LogP) is 3.05. The summed E-state index contributed by atoms with van der Waals surface area (Å²) in [5, 5.41) is 0.874. The molecule has 1 amide bonds. The highest BCUT2D eigenvalue weighted by Gasteiger charge is 2.25. The largest absolute Gasteiger partial charge is 0.493 e. The summed E-state index contributed by atoms with van der Waals surface area (Å²) in [5.41, 5.74) is 2.73. The Morgan fingerprint density at radius 3 is 2.83 bits per heavy atom. The van der Waals surface area contributed by atoms with Crippen LogP contribution in [0.5, 0.6) is 5.75 Å². The molecule has 0 spiro atoms. The summed E-state index contributed by atoms with van der Waals surface area (Å²) in [6.45, 7) is 3.78. The van der Waals surface area contributed by atoms with Gasteiger partial charge in [0.2, 0.25) is 0 Å². The van der Waals surface area contributed by atoms with Crippen LogP contribution in [0.2, 0.25) is 0 Å². The number of aromatic nitrogens is 2. The Labute approximate surface area is 168 Å². The molecule has 0 unspecified atom stereocenters. The van der Waals surface area contributed by atoms with E-state index in [0.717, 1.165) is 36.4 Å². The highest BCUT2D eigenvalue weighted by atomic mass is 16.5. The van der Waals surface area contributed by atoms with Gasteiger partial charge in [-0.05, 0) is 24.3 Å². The molecule has 4 aromatic rings.